The number of ketones is 1. The Hall–Kier alpha value is -1.44. The second-order valence-electron chi connectivity index (χ2n) is 4.00. The fourth-order valence-electron chi connectivity index (χ4n) is 1.22. The zero-order chi connectivity index (χ0) is 11.3. The third-order valence-corrected chi connectivity index (χ3v) is 2.12. The van der Waals surface area contributed by atoms with Crippen molar-refractivity contribution in [2.45, 2.75) is 20.8 Å². The average Bonchev–Trinajstić information content (AvgIpc) is 2.26. The number of pyridine rings is 1. The van der Waals surface area contributed by atoms with E-state index in [1.165, 1.54) is 0 Å². The molecule has 15 heavy (non-hydrogen) atoms. The number of carbonyl (C=O) groups is 1. The molecule has 0 fully saturated rings. The molecule has 0 N–H and O–H groups in total. The summed E-state index contributed by atoms with van der Waals surface area (Å²) in [6.45, 7) is 6.08. The van der Waals surface area contributed by atoms with Gasteiger partial charge in [-0.3, -0.25) is 9.78 Å². The Morgan fingerprint density at radius 2 is 2.00 bits per heavy atom. The van der Waals surface area contributed by atoms with Gasteiger partial charge in [0, 0.05) is 12.1 Å². The molecule has 0 unspecified atom stereocenters. The van der Waals surface area contributed by atoms with Crippen LogP contribution < -0.4 is 0 Å². The van der Waals surface area contributed by atoms with Gasteiger partial charge in [-0.1, -0.05) is 39.0 Å². The zero-order valence-corrected chi connectivity index (χ0v) is 9.47. The Morgan fingerprint density at radius 1 is 1.27 bits per heavy atom. The number of allylic oxidation sites excluding steroid dienone is 2. The fourth-order valence-corrected chi connectivity index (χ4v) is 1.22. The molecule has 2 nitrogen and oxygen atoms in total. The Kier molecular flexibility index (Phi) is 4.22. The number of Topliss-reactive ketones (excluding diaryl/α,β-unsaturated/α-hetero) is 1. The van der Waals surface area contributed by atoms with Gasteiger partial charge >= 0.3 is 0 Å². The topological polar surface area (TPSA) is 30.0 Å². The van der Waals surface area contributed by atoms with Gasteiger partial charge in [0.05, 0.1) is 0 Å². The summed E-state index contributed by atoms with van der Waals surface area (Å²) < 4.78 is 0. The van der Waals surface area contributed by atoms with Gasteiger partial charge in [0.2, 0.25) is 0 Å². The SMILES string of the molecule is CC(C)/C=C/[C@H](C)C(=O)c1ccccn1. The van der Waals surface area contributed by atoms with Crippen molar-refractivity contribution >= 4 is 5.78 Å². The van der Waals surface area contributed by atoms with Crippen molar-refractivity contribution in [3.05, 3.63) is 42.2 Å². The van der Waals surface area contributed by atoms with Gasteiger partial charge in [0.25, 0.3) is 0 Å². The van der Waals surface area contributed by atoms with Crippen LogP contribution in [0.5, 0.6) is 0 Å². The van der Waals surface area contributed by atoms with Crippen LogP contribution in [-0.4, -0.2) is 10.8 Å². The van der Waals surface area contributed by atoms with E-state index in [1.54, 1.807) is 12.3 Å². The van der Waals surface area contributed by atoms with Crippen LogP contribution in [0.2, 0.25) is 0 Å². The minimum atomic E-state index is -0.0951. The second-order valence-corrected chi connectivity index (χ2v) is 4.00. The number of aromatic nitrogens is 1. The predicted molar refractivity (Wildman–Crippen MR) is 61.7 cm³/mol. The minimum Gasteiger partial charge on any atom is -0.292 e. The lowest BCUT2D eigenvalue weighted by Gasteiger charge is -2.04. The highest BCUT2D eigenvalue weighted by Crippen LogP contribution is 2.08. The van der Waals surface area contributed by atoms with Gasteiger partial charge < -0.3 is 0 Å². The van der Waals surface area contributed by atoms with E-state index in [9.17, 15) is 4.79 Å². The monoisotopic (exact) mass is 203 g/mol. The van der Waals surface area contributed by atoms with E-state index in [4.69, 9.17) is 0 Å². The van der Waals surface area contributed by atoms with E-state index in [0.29, 0.717) is 11.6 Å². The Labute approximate surface area is 91.0 Å². The first kappa shape index (κ1) is 11.6. The van der Waals surface area contributed by atoms with Crippen molar-refractivity contribution in [3.63, 3.8) is 0 Å². The molecule has 2 heteroatoms. The van der Waals surface area contributed by atoms with Crippen LogP contribution in [0.4, 0.5) is 0 Å². The fraction of sp³-hybridized carbons (Fsp3) is 0.385. The van der Waals surface area contributed by atoms with Crippen molar-refractivity contribution < 1.29 is 4.79 Å². The lowest BCUT2D eigenvalue weighted by molar-refractivity contribution is 0.0948. The first-order valence-corrected chi connectivity index (χ1v) is 5.25. The number of nitrogens with zero attached hydrogens (tertiary/aromatic N) is 1. The Bertz CT molecular complexity index is 341. The summed E-state index contributed by atoms with van der Waals surface area (Å²) in [6, 6.07) is 5.40. The summed E-state index contributed by atoms with van der Waals surface area (Å²) in [5.74, 6) is 0.457. The maximum Gasteiger partial charge on any atom is 0.187 e. The van der Waals surface area contributed by atoms with Crippen LogP contribution >= 0.6 is 0 Å². The van der Waals surface area contributed by atoms with E-state index in [-0.39, 0.29) is 11.7 Å². The van der Waals surface area contributed by atoms with Crippen molar-refractivity contribution in [2.24, 2.45) is 11.8 Å². The van der Waals surface area contributed by atoms with E-state index in [1.807, 2.05) is 31.2 Å². The molecule has 1 rings (SSSR count). The molecule has 0 aliphatic heterocycles. The van der Waals surface area contributed by atoms with Crippen LogP contribution in [0, 0.1) is 11.8 Å². The molecule has 0 aliphatic carbocycles. The van der Waals surface area contributed by atoms with Gasteiger partial charge in [0.15, 0.2) is 5.78 Å². The first-order chi connectivity index (χ1) is 7.11. The molecule has 1 aromatic rings. The van der Waals surface area contributed by atoms with Crippen molar-refractivity contribution in [3.8, 4) is 0 Å². The molecule has 1 heterocycles. The molecule has 0 saturated heterocycles. The van der Waals surface area contributed by atoms with Gasteiger partial charge in [-0.15, -0.1) is 0 Å². The average molecular weight is 203 g/mol. The molecule has 0 aromatic carbocycles. The van der Waals surface area contributed by atoms with Crippen LogP contribution in [0.25, 0.3) is 0 Å². The van der Waals surface area contributed by atoms with E-state index < -0.39 is 0 Å². The van der Waals surface area contributed by atoms with E-state index in [2.05, 4.69) is 18.8 Å². The molecule has 0 spiro atoms. The molecule has 0 bridgehead atoms. The van der Waals surface area contributed by atoms with Crippen molar-refractivity contribution in [1.82, 2.24) is 4.98 Å². The highest BCUT2D eigenvalue weighted by Gasteiger charge is 2.12. The molecule has 0 saturated carbocycles. The summed E-state index contributed by atoms with van der Waals surface area (Å²) in [5.41, 5.74) is 0.540. The Balaban J connectivity index is 2.69. The van der Waals surface area contributed by atoms with Crippen molar-refractivity contribution in [1.29, 1.82) is 0 Å². The maximum atomic E-state index is 11.8. The molecule has 1 atom stereocenters. The normalized spacial score (nSPS) is 13.3. The van der Waals surface area contributed by atoms with Crippen LogP contribution in [0.3, 0.4) is 0 Å². The maximum absolute atomic E-state index is 11.8. The van der Waals surface area contributed by atoms with Crippen LogP contribution in [0.15, 0.2) is 36.5 Å². The van der Waals surface area contributed by atoms with Crippen LogP contribution in [-0.2, 0) is 0 Å². The summed E-state index contributed by atoms with van der Waals surface area (Å²) in [7, 11) is 0. The smallest absolute Gasteiger partial charge is 0.187 e. The van der Waals surface area contributed by atoms with Gasteiger partial charge in [0.1, 0.15) is 5.69 Å². The lowest BCUT2D eigenvalue weighted by atomic mass is 10.0. The second kappa shape index (κ2) is 5.44. The zero-order valence-electron chi connectivity index (χ0n) is 9.47. The molecule has 0 radical (unpaired) electrons. The third-order valence-electron chi connectivity index (χ3n) is 2.12. The molecular formula is C13H17NO. The predicted octanol–water partition coefficient (Wildman–Crippen LogP) is 3.11. The Morgan fingerprint density at radius 3 is 2.53 bits per heavy atom. The summed E-state index contributed by atoms with van der Waals surface area (Å²) in [4.78, 5) is 15.9. The first-order valence-electron chi connectivity index (χ1n) is 5.25. The van der Waals surface area contributed by atoms with Gasteiger partial charge in [-0.05, 0) is 18.1 Å². The number of carbonyl (C=O) groups excluding carboxylic acids is 1. The lowest BCUT2D eigenvalue weighted by Crippen LogP contribution is -2.10. The third kappa shape index (κ3) is 3.66. The highest BCUT2D eigenvalue weighted by molar-refractivity contribution is 5.96. The molecule has 1 aromatic heterocycles. The minimum absolute atomic E-state index is 0.0764. The molecular weight excluding hydrogens is 186 g/mol. The highest BCUT2D eigenvalue weighted by atomic mass is 16.1. The van der Waals surface area contributed by atoms with Crippen LogP contribution in [0.1, 0.15) is 31.3 Å². The molecule has 0 amide bonds. The van der Waals surface area contributed by atoms with Gasteiger partial charge in [-0.2, -0.15) is 0 Å². The quantitative estimate of drug-likeness (QED) is 0.556. The summed E-state index contributed by atoms with van der Waals surface area (Å²) in [6.07, 6.45) is 5.64. The van der Waals surface area contributed by atoms with E-state index >= 15 is 0 Å². The van der Waals surface area contributed by atoms with Crippen molar-refractivity contribution in [2.75, 3.05) is 0 Å². The van der Waals surface area contributed by atoms with Gasteiger partial charge in [-0.25, -0.2) is 0 Å². The van der Waals surface area contributed by atoms with E-state index in [0.717, 1.165) is 0 Å². The largest absolute Gasteiger partial charge is 0.292 e. The summed E-state index contributed by atoms with van der Waals surface area (Å²) in [5, 5.41) is 0. The summed E-state index contributed by atoms with van der Waals surface area (Å²) >= 11 is 0. The number of rotatable bonds is 4. The molecule has 0 aliphatic rings. The standard InChI is InChI=1S/C13H17NO/c1-10(2)7-8-11(3)13(15)12-6-4-5-9-14-12/h4-11H,1-3H3/b8-7+/t11-/m0/s1. The number of hydrogen-bond acceptors (Lipinski definition) is 2. The molecule has 80 valence electrons. The number of hydrogen-bond donors (Lipinski definition) is 0.